The highest BCUT2D eigenvalue weighted by Gasteiger charge is 2.16. The Labute approximate surface area is 133 Å². The maximum absolute atomic E-state index is 13.6. The number of nitrogens with zero attached hydrogens (tertiary/aromatic N) is 4. The highest BCUT2D eigenvalue weighted by molar-refractivity contribution is 5.93. The molecule has 0 unspecified atom stereocenters. The van der Waals surface area contributed by atoms with Crippen molar-refractivity contribution in [2.24, 2.45) is 4.99 Å². The number of halogens is 1. The molecule has 7 heteroatoms. The number of benzene rings is 1. The van der Waals surface area contributed by atoms with E-state index >= 15 is 0 Å². The van der Waals surface area contributed by atoms with Gasteiger partial charge < -0.3 is 9.64 Å². The summed E-state index contributed by atoms with van der Waals surface area (Å²) in [5.41, 5.74) is 2.00. The average Bonchev–Trinajstić information content (AvgIpc) is 2.47. The number of carbonyl (C=O) groups excluding carboxylic acids is 1. The van der Waals surface area contributed by atoms with Crippen LogP contribution < -0.4 is 4.74 Å². The molecule has 0 saturated carbocycles. The highest BCUT2D eigenvalue weighted by atomic mass is 19.1. The van der Waals surface area contributed by atoms with Crippen LogP contribution in [0.15, 0.2) is 29.4 Å². The number of esters is 1. The summed E-state index contributed by atoms with van der Waals surface area (Å²) >= 11 is 0. The summed E-state index contributed by atoms with van der Waals surface area (Å²) < 4.78 is 18.8. The number of aryl methyl sites for hydroxylation is 2. The molecule has 2 aromatic rings. The van der Waals surface area contributed by atoms with Crippen LogP contribution in [-0.2, 0) is 0 Å². The SMILES string of the molecule is Cc1cccc(C)c1C(=O)Oc1ncc(F)c(N=CN(C)C)n1. The number of aromatic nitrogens is 2. The van der Waals surface area contributed by atoms with Gasteiger partial charge in [-0.15, -0.1) is 0 Å². The first-order chi connectivity index (χ1) is 10.9. The summed E-state index contributed by atoms with van der Waals surface area (Å²) in [6.07, 6.45) is 2.31. The Morgan fingerprint density at radius 2 is 1.96 bits per heavy atom. The van der Waals surface area contributed by atoms with Crippen LogP contribution in [0.3, 0.4) is 0 Å². The minimum atomic E-state index is -0.699. The van der Waals surface area contributed by atoms with Gasteiger partial charge in [0.05, 0.1) is 18.1 Å². The second-order valence-electron chi connectivity index (χ2n) is 5.19. The maximum Gasteiger partial charge on any atom is 0.346 e. The van der Waals surface area contributed by atoms with E-state index in [0.717, 1.165) is 17.3 Å². The predicted octanol–water partition coefficient (Wildman–Crippen LogP) is 2.67. The lowest BCUT2D eigenvalue weighted by molar-refractivity contribution is 0.0717. The fraction of sp³-hybridized carbons (Fsp3) is 0.250. The summed E-state index contributed by atoms with van der Waals surface area (Å²) in [5, 5.41) is 0. The van der Waals surface area contributed by atoms with E-state index in [9.17, 15) is 9.18 Å². The molecule has 1 aromatic carbocycles. The fourth-order valence-electron chi connectivity index (χ4n) is 1.92. The van der Waals surface area contributed by atoms with Crippen LogP contribution in [0.2, 0.25) is 0 Å². The Kier molecular flexibility index (Phi) is 5.00. The molecule has 0 bridgehead atoms. The number of hydrogen-bond donors (Lipinski definition) is 0. The molecule has 0 aliphatic heterocycles. The van der Waals surface area contributed by atoms with Crippen molar-refractivity contribution in [1.29, 1.82) is 0 Å². The standard InChI is InChI=1S/C16H17FN4O2/c1-10-6-5-7-11(2)13(10)15(22)23-16-18-8-12(17)14(20-16)19-9-21(3)4/h5-9H,1-4H3. The lowest BCUT2D eigenvalue weighted by Crippen LogP contribution is -2.14. The van der Waals surface area contributed by atoms with Gasteiger partial charge in [-0.25, -0.2) is 19.2 Å². The summed E-state index contributed by atoms with van der Waals surface area (Å²) in [5.74, 6) is -1.48. The number of carbonyl (C=O) groups is 1. The Morgan fingerprint density at radius 1 is 1.30 bits per heavy atom. The normalized spacial score (nSPS) is 10.8. The second-order valence-corrected chi connectivity index (χ2v) is 5.19. The molecule has 23 heavy (non-hydrogen) atoms. The minimum absolute atomic E-state index is 0.196. The lowest BCUT2D eigenvalue weighted by atomic mass is 10.0. The summed E-state index contributed by atoms with van der Waals surface area (Å²) in [4.78, 5) is 25.3. The summed E-state index contributed by atoms with van der Waals surface area (Å²) in [6.45, 7) is 3.61. The molecule has 0 radical (unpaired) electrons. The van der Waals surface area contributed by atoms with E-state index in [1.54, 1.807) is 19.0 Å². The molecule has 1 heterocycles. The van der Waals surface area contributed by atoms with Gasteiger partial charge in [-0.1, -0.05) is 18.2 Å². The minimum Gasteiger partial charge on any atom is -0.387 e. The zero-order chi connectivity index (χ0) is 17.0. The monoisotopic (exact) mass is 316 g/mol. The second kappa shape index (κ2) is 6.95. The van der Waals surface area contributed by atoms with Crippen LogP contribution in [0.1, 0.15) is 21.5 Å². The van der Waals surface area contributed by atoms with Crippen LogP contribution >= 0.6 is 0 Å². The van der Waals surface area contributed by atoms with Crippen molar-refractivity contribution in [2.75, 3.05) is 14.1 Å². The average molecular weight is 316 g/mol. The van der Waals surface area contributed by atoms with Crippen molar-refractivity contribution in [3.05, 3.63) is 46.9 Å². The third-order valence-electron chi connectivity index (χ3n) is 2.98. The molecular formula is C16H17FN4O2. The lowest BCUT2D eigenvalue weighted by Gasteiger charge is -2.08. The van der Waals surface area contributed by atoms with Crippen molar-refractivity contribution in [1.82, 2.24) is 14.9 Å². The maximum atomic E-state index is 13.6. The largest absolute Gasteiger partial charge is 0.387 e. The molecule has 0 aliphatic carbocycles. The van der Waals surface area contributed by atoms with Crippen molar-refractivity contribution in [2.45, 2.75) is 13.8 Å². The molecule has 0 N–H and O–H groups in total. The first kappa shape index (κ1) is 16.5. The van der Waals surface area contributed by atoms with Gasteiger partial charge in [0.1, 0.15) is 0 Å². The zero-order valence-electron chi connectivity index (χ0n) is 13.4. The van der Waals surface area contributed by atoms with Crippen LogP contribution in [-0.4, -0.2) is 41.3 Å². The summed E-state index contributed by atoms with van der Waals surface area (Å²) in [6, 6.07) is 5.22. The first-order valence-corrected chi connectivity index (χ1v) is 6.90. The highest BCUT2D eigenvalue weighted by Crippen LogP contribution is 2.19. The van der Waals surface area contributed by atoms with Gasteiger partial charge in [0.15, 0.2) is 11.6 Å². The van der Waals surface area contributed by atoms with Gasteiger partial charge in [0.2, 0.25) is 0 Å². The number of rotatable bonds is 4. The van der Waals surface area contributed by atoms with Crippen molar-refractivity contribution in [3.8, 4) is 6.01 Å². The Morgan fingerprint density at radius 3 is 2.57 bits per heavy atom. The van der Waals surface area contributed by atoms with E-state index in [1.165, 1.54) is 6.34 Å². The molecule has 120 valence electrons. The first-order valence-electron chi connectivity index (χ1n) is 6.90. The molecule has 0 fully saturated rings. The van der Waals surface area contributed by atoms with E-state index in [2.05, 4.69) is 15.0 Å². The molecular weight excluding hydrogens is 299 g/mol. The molecule has 6 nitrogen and oxygen atoms in total. The predicted molar refractivity (Wildman–Crippen MR) is 84.7 cm³/mol. The van der Waals surface area contributed by atoms with Gasteiger partial charge in [0, 0.05) is 14.1 Å². The van der Waals surface area contributed by atoms with E-state index in [1.807, 2.05) is 32.0 Å². The fourth-order valence-corrected chi connectivity index (χ4v) is 1.92. The van der Waals surface area contributed by atoms with Crippen LogP contribution in [0, 0.1) is 19.7 Å². The Hall–Kier alpha value is -2.83. The Balaban J connectivity index is 2.27. The third kappa shape index (κ3) is 4.09. The number of ether oxygens (including phenoxy) is 1. The van der Waals surface area contributed by atoms with E-state index in [-0.39, 0.29) is 11.8 Å². The molecule has 1 aromatic heterocycles. The molecule has 0 saturated heterocycles. The van der Waals surface area contributed by atoms with Gasteiger partial charge in [-0.3, -0.25) is 0 Å². The van der Waals surface area contributed by atoms with Crippen LogP contribution in [0.5, 0.6) is 6.01 Å². The van der Waals surface area contributed by atoms with Gasteiger partial charge >= 0.3 is 12.0 Å². The molecule has 0 aliphatic rings. The third-order valence-corrected chi connectivity index (χ3v) is 2.98. The molecule has 0 spiro atoms. The van der Waals surface area contributed by atoms with Gasteiger partial charge in [0.25, 0.3) is 0 Å². The smallest absolute Gasteiger partial charge is 0.346 e. The molecule has 2 rings (SSSR count). The zero-order valence-corrected chi connectivity index (χ0v) is 13.4. The van der Waals surface area contributed by atoms with Crippen LogP contribution in [0.25, 0.3) is 0 Å². The van der Waals surface area contributed by atoms with Crippen LogP contribution in [0.4, 0.5) is 10.2 Å². The molecule has 0 atom stereocenters. The van der Waals surface area contributed by atoms with E-state index < -0.39 is 11.8 Å². The topological polar surface area (TPSA) is 67.7 Å². The Bertz CT molecular complexity index is 739. The van der Waals surface area contributed by atoms with Crippen molar-refractivity contribution < 1.29 is 13.9 Å². The van der Waals surface area contributed by atoms with Gasteiger partial charge in [-0.2, -0.15) is 4.98 Å². The quantitative estimate of drug-likeness (QED) is 0.493. The van der Waals surface area contributed by atoms with Crippen molar-refractivity contribution >= 4 is 18.1 Å². The van der Waals surface area contributed by atoms with E-state index in [0.29, 0.717) is 5.56 Å². The van der Waals surface area contributed by atoms with Gasteiger partial charge in [-0.05, 0) is 25.0 Å². The summed E-state index contributed by atoms with van der Waals surface area (Å²) in [7, 11) is 3.48. The number of aliphatic imine (C=N–C) groups is 1. The number of hydrogen-bond acceptors (Lipinski definition) is 5. The van der Waals surface area contributed by atoms with E-state index in [4.69, 9.17) is 4.74 Å². The molecule has 0 amide bonds. The van der Waals surface area contributed by atoms with Crippen molar-refractivity contribution in [3.63, 3.8) is 0 Å².